The normalized spacial score (nSPS) is 29.9. The Morgan fingerprint density at radius 2 is 1.12 bits per heavy atom. The third-order valence-corrected chi connectivity index (χ3v) is 6.32. The summed E-state index contributed by atoms with van der Waals surface area (Å²) in [6.07, 6.45) is 1.87. The Balaban J connectivity index is 1.23. The second-order valence-electron chi connectivity index (χ2n) is 9.23. The molecule has 2 aromatic carbocycles. The predicted molar refractivity (Wildman–Crippen MR) is 124 cm³/mol. The van der Waals surface area contributed by atoms with Crippen molar-refractivity contribution in [3.05, 3.63) is 71.8 Å². The molecule has 180 valence electrons. The highest BCUT2D eigenvalue weighted by Crippen LogP contribution is 2.40. The van der Waals surface area contributed by atoms with Crippen LogP contribution in [-0.2, 0) is 32.2 Å². The zero-order valence-electron chi connectivity index (χ0n) is 19.2. The lowest BCUT2D eigenvalue weighted by atomic mass is 9.88. The van der Waals surface area contributed by atoms with Crippen LogP contribution in [0.2, 0.25) is 0 Å². The van der Waals surface area contributed by atoms with E-state index in [0.717, 1.165) is 11.1 Å². The summed E-state index contributed by atoms with van der Waals surface area (Å²) in [7, 11) is 0. The second-order valence-corrected chi connectivity index (χ2v) is 9.23. The molecule has 4 rings (SSSR count). The van der Waals surface area contributed by atoms with Crippen LogP contribution in [0, 0.1) is 0 Å². The van der Waals surface area contributed by atoms with Crippen LogP contribution in [0.3, 0.4) is 0 Å². The highest BCUT2D eigenvalue weighted by Gasteiger charge is 2.47. The van der Waals surface area contributed by atoms with E-state index in [9.17, 15) is 10.2 Å². The van der Waals surface area contributed by atoms with Crippen LogP contribution >= 0.6 is 0 Å². The Bertz CT molecular complexity index is 744. The molecule has 33 heavy (non-hydrogen) atoms. The van der Waals surface area contributed by atoms with Gasteiger partial charge in [-0.05, 0) is 36.8 Å². The van der Waals surface area contributed by atoms with Crippen LogP contribution in [0.1, 0.15) is 49.7 Å². The molecule has 2 N–H and O–H groups in total. The summed E-state index contributed by atoms with van der Waals surface area (Å²) in [6, 6.07) is 20.1. The average molecular weight is 457 g/mol. The van der Waals surface area contributed by atoms with Crippen molar-refractivity contribution in [2.24, 2.45) is 0 Å². The fourth-order valence-electron chi connectivity index (χ4n) is 4.81. The van der Waals surface area contributed by atoms with Gasteiger partial charge in [-0.3, -0.25) is 0 Å². The van der Waals surface area contributed by atoms with Crippen LogP contribution in [-0.4, -0.2) is 53.6 Å². The van der Waals surface area contributed by atoms with E-state index < -0.39 is 18.0 Å². The van der Waals surface area contributed by atoms with Gasteiger partial charge in [-0.1, -0.05) is 60.7 Å². The summed E-state index contributed by atoms with van der Waals surface area (Å²) in [4.78, 5) is 0. The summed E-state index contributed by atoms with van der Waals surface area (Å²) < 4.78 is 24.3. The topological polar surface area (TPSA) is 77.4 Å². The van der Waals surface area contributed by atoms with E-state index in [1.807, 2.05) is 60.7 Å². The van der Waals surface area contributed by atoms with Gasteiger partial charge in [-0.2, -0.15) is 0 Å². The third kappa shape index (κ3) is 7.60. The van der Waals surface area contributed by atoms with Gasteiger partial charge in [0.1, 0.15) is 0 Å². The van der Waals surface area contributed by atoms with E-state index in [0.29, 0.717) is 65.0 Å². The molecule has 1 spiro atoms. The fourth-order valence-corrected chi connectivity index (χ4v) is 4.81. The van der Waals surface area contributed by atoms with E-state index in [2.05, 4.69) is 0 Å². The van der Waals surface area contributed by atoms with E-state index >= 15 is 0 Å². The molecular formula is C27H36O6. The van der Waals surface area contributed by atoms with Gasteiger partial charge >= 0.3 is 0 Å². The molecule has 6 nitrogen and oxygen atoms in total. The Labute approximate surface area is 196 Å². The number of hydrogen-bond acceptors (Lipinski definition) is 6. The van der Waals surface area contributed by atoms with Crippen molar-refractivity contribution >= 4 is 0 Å². The van der Waals surface area contributed by atoms with Gasteiger partial charge in [0.15, 0.2) is 5.79 Å². The maximum absolute atomic E-state index is 10.5. The van der Waals surface area contributed by atoms with Crippen LogP contribution in [0.15, 0.2) is 60.7 Å². The van der Waals surface area contributed by atoms with E-state index in [4.69, 9.17) is 18.9 Å². The number of benzene rings is 2. The van der Waals surface area contributed by atoms with Gasteiger partial charge in [-0.15, -0.1) is 0 Å². The van der Waals surface area contributed by atoms with E-state index in [1.54, 1.807) is 0 Å². The van der Waals surface area contributed by atoms with E-state index in [-0.39, 0.29) is 12.2 Å². The molecule has 0 radical (unpaired) electrons. The molecule has 0 aliphatic carbocycles. The molecule has 2 unspecified atom stereocenters. The Hall–Kier alpha value is -1.80. The number of ether oxygens (including phenoxy) is 4. The summed E-state index contributed by atoms with van der Waals surface area (Å²) in [6.45, 7) is 2.20. The van der Waals surface area contributed by atoms with Crippen LogP contribution in [0.4, 0.5) is 0 Å². The van der Waals surface area contributed by atoms with Crippen molar-refractivity contribution in [1.29, 1.82) is 0 Å². The summed E-state index contributed by atoms with van der Waals surface area (Å²) >= 11 is 0. The molecule has 0 aromatic heterocycles. The average Bonchev–Trinajstić information content (AvgIpc) is 2.80. The first-order chi connectivity index (χ1) is 16.1. The molecular weight excluding hydrogens is 420 g/mol. The van der Waals surface area contributed by atoms with Crippen molar-refractivity contribution in [2.75, 3.05) is 13.2 Å². The lowest BCUT2D eigenvalue weighted by Gasteiger charge is -2.48. The molecule has 2 aliphatic heterocycles. The quantitative estimate of drug-likeness (QED) is 0.527. The van der Waals surface area contributed by atoms with Gasteiger partial charge in [0.05, 0.1) is 37.6 Å². The standard InChI is InChI=1S/C27H36O6/c28-23-15-25(11-13-30-19-21-7-3-1-4-8-21)32-27(17-23)18-24(29)16-26(33-27)12-14-31-20-22-9-5-2-6-10-22/h1-10,23-26,28-29H,11-20H2/t23-,24-,25?,26?,27?/m0/s1. The molecule has 4 atom stereocenters. The number of hydrogen-bond donors (Lipinski definition) is 2. The predicted octanol–water partition coefficient (Wildman–Crippen LogP) is 3.98. The minimum Gasteiger partial charge on any atom is -0.393 e. The van der Waals surface area contributed by atoms with Gasteiger partial charge in [0, 0.05) is 26.1 Å². The van der Waals surface area contributed by atoms with Gasteiger partial charge in [0.25, 0.3) is 0 Å². The molecule has 2 saturated heterocycles. The monoisotopic (exact) mass is 456 g/mol. The molecule has 2 heterocycles. The van der Waals surface area contributed by atoms with Gasteiger partial charge in [0.2, 0.25) is 0 Å². The second kappa shape index (κ2) is 12.1. The zero-order valence-corrected chi connectivity index (χ0v) is 19.2. The molecule has 0 saturated carbocycles. The number of aliphatic hydroxyl groups excluding tert-OH is 2. The maximum atomic E-state index is 10.5. The Morgan fingerprint density at radius 1 is 0.697 bits per heavy atom. The van der Waals surface area contributed by atoms with E-state index in [1.165, 1.54) is 0 Å². The van der Waals surface area contributed by atoms with Gasteiger partial charge in [-0.25, -0.2) is 0 Å². The lowest BCUT2D eigenvalue weighted by molar-refractivity contribution is -0.340. The summed E-state index contributed by atoms with van der Waals surface area (Å²) in [5, 5.41) is 21.1. The maximum Gasteiger partial charge on any atom is 0.173 e. The van der Waals surface area contributed by atoms with Crippen LogP contribution in [0.25, 0.3) is 0 Å². The first-order valence-electron chi connectivity index (χ1n) is 12.1. The first-order valence-corrected chi connectivity index (χ1v) is 12.1. The Morgan fingerprint density at radius 3 is 1.55 bits per heavy atom. The van der Waals surface area contributed by atoms with Crippen molar-refractivity contribution in [2.45, 2.75) is 81.9 Å². The Kier molecular flexibility index (Phi) is 8.89. The van der Waals surface area contributed by atoms with Crippen molar-refractivity contribution < 1.29 is 29.2 Å². The zero-order chi connectivity index (χ0) is 22.9. The SMILES string of the molecule is O[C@H]1CC(CCOCc2ccccc2)OC2(C1)C[C@@H](O)CC(CCOCc1ccccc1)O2. The van der Waals surface area contributed by atoms with Crippen molar-refractivity contribution in [3.8, 4) is 0 Å². The number of rotatable bonds is 10. The molecule has 2 aromatic rings. The minimum atomic E-state index is -0.941. The third-order valence-electron chi connectivity index (χ3n) is 6.32. The molecule has 2 fully saturated rings. The van der Waals surface area contributed by atoms with Crippen molar-refractivity contribution in [1.82, 2.24) is 0 Å². The molecule has 2 aliphatic rings. The fraction of sp³-hybridized carbons (Fsp3) is 0.556. The van der Waals surface area contributed by atoms with Crippen LogP contribution in [0.5, 0.6) is 0 Å². The van der Waals surface area contributed by atoms with Gasteiger partial charge < -0.3 is 29.2 Å². The minimum absolute atomic E-state index is 0.162. The molecule has 0 amide bonds. The molecule has 6 heteroatoms. The highest BCUT2D eigenvalue weighted by molar-refractivity contribution is 5.14. The highest BCUT2D eigenvalue weighted by atomic mass is 16.7. The first kappa shape index (κ1) is 24.3. The number of aliphatic hydroxyl groups is 2. The largest absolute Gasteiger partial charge is 0.393 e. The summed E-state index contributed by atoms with van der Waals surface area (Å²) in [5.74, 6) is -0.941. The van der Waals surface area contributed by atoms with Crippen molar-refractivity contribution in [3.63, 3.8) is 0 Å². The van der Waals surface area contributed by atoms with Crippen LogP contribution < -0.4 is 0 Å². The molecule has 0 bridgehead atoms. The smallest absolute Gasteiger partial charge is 0.173 e. The summed E-state index contributed by atoms with van der Waals surface area (Å²) in [5.41, 5.74) is 2.27. The lowest BCUT2D eigenvalue weighted by Crippen LogP contribution is -2.55.